The number of rotatable bonds is 2. The summed E-state index contributed by atoms with van der Waals surface area (Å²) in [6, 6.07) is 4.59. The minimum Gasteiger partial charge on any atom is -0.419 e. The van der Waals surface area contributed by atoms with E-state index in [1.807, 2.05) is 0 Å². The first-order chi connectivity index (χ1) is 7.61. The zero-order valence-corrected chi connectivity index (χ0v) is 8.52. The molecule has 0 atom stereocenters. The molecule has 8 heteroatoms. The molecule has 80 valence electrons. The molecule has 2 rings (SSSR count). The van der Waals surface area contributed by atoms with Gasteiger partial charge in [-0.15, -0.1) is 0 Å². The fourth-order valence-corrected chi connectivity index (χ4v) is 1.80. The number of thiophene rings is 1. The highest BCUT2D eigenvalue weighted by atomic mass is 32.1. The fraction of sp³-hybridized carbons (Fsp3) is 0. The Morgan fingerprint density at radius 2 is 2.38 bits per heavy atom. The first-order valence-corrected chi connectivity index (χ1v) is 4.84. The van der Waals surface area contributed by atoms with Crippen LogP contribution in [-0.4, -0.2) is 9.91 Å². The summed E-state index contributed by atoms with van der Waals surface area (Å²) in [6.45, 7) is 0. The third kappa shape index (κ3) is 1.59. The van der Waals surface area contributed by atoms with Gasteiger partial charge in [0.1, 0.15) is 6.07 Å². The summed E-state index contributed by atoms with van der Waals surface area (Å²) in [5.74, 6) is 0.0284. The van der Waals surface area contributed by atoms with Crippen LogP contribution >= 0.6 is 11.3 Å². The Balaban J connectivity index is 2.43. The van der Waals surface area contributed by atoms with E-state index < -0.39 is 4.92 Å². The van der Waals surface area contributed by atoms with Crippen LogP contribution in [0.25, 0.3) is 10.8 Å². The first kappa shape index (κ1) is 10.1. The monoisotopic (exact) mass is 236 g/mol. The molecule has 0 aliphatic heterocycles. The van der Waals surface area contributed by atoms with Crippen LogP contribution in [0.3, 0.4) is 0 Å². The quantitative estimate of drug-likeness (QED) is 0.626. The van der Waals surface area contributed by atoms with Crippen LogP contribution in [0.5, 0.6) is 0 Å². The second-order valence-electron chi connectivity index (χ2n) is 2.74. The van der Waals surface area contributed by atoms with E-state index in [0.29, 0.717) is 4.88 Å². The van der Waals surface area contributed by atoms with E-state index in [1.165, 1.54) is 12.1 Å². The number of nitrogens with two attached hydrogens (primary N) is 1. The first-order valence-electron chi connectivity index (χ1n) is 4.03. The highest BCUT2D eigenvalue weighted by Gasteiger charge is 2.17. The van der Waals surface area contributed by atoms with Gasteiger partial charge in [-0.3, -0.25) is 10.1 Å². The van der Waals surface area contributed by atoms with E-state index in [-0.39, 0.29) is 22.5 Å². The predicted molar refractivity (Wildman–Crippen MR) is 55.6 cm³/mol. The smallest absolute Gasteiger partial charge is 0.324 e. The van der Waals surface area contributed by atoms with Crippen molar-refractivity contribution < 1.29 is 9.34 Å². The Morgan fingerprint density at radius 3 is 2.88 bits per heavy atom. The van der Waals surface area contributed by atoms with Crippen molar-refractivity contribution >= 4 is 22.2 Å². The van der Waals surface area contributed by atoms with Gasteiger partial charge in [0.05, 0.1) is 9.80 Å². The van der Waals surface area contributed by atoms with Crippen molar-refractivity contribution in [3.05, 3.63) is 27.9 Å². The Hall–Kier alpha value is -2.40. The average molecular weight is 236 g/mol. The fourth-order valence-electron chi connectivity index (χ4n) is 1.06. The van der Waals surface area contributed by atoms with Crippen molar-refractivity contribution in [3.63, 3.8) is 0 Å². The minimum atomic E-state index is -0.508. The third-order valence-electron chi connectivity index (χ3n) is 1.74. The number of hydrogen-bond acceptors (Lipinski definition) is 7. The predicted octanol–water partition coefficient (Wildman–Crippen LogP) is 1.77. The zero-order chi connectivity index (χ0) is 11.7. The average Bonchev–Trinajstić information content (AvgIpc) is 2.83. The summed E-state index contributed by atoms with van der Waals surface area (Å²) >= 11 is 0.906. The van der Waals surface area contributed by atoms with Gasteiger partial charge in [-0.1, -0.05) is 11.3 Å². The maximum Gasteiger partial charge on any atom is 0.324 e. The van der Waals surface area contributed by atoms with Crippen molar-refractivity contribution in [2.45, 2.75) is 0 Å². The van der Waals surface area contributed by atoms with E-state index in [4.69, 9.17) is 15.4 Å². The molecule has 2 aromatic heterocycles. The van der Waals surface area contributed by atoms with Gasteiger partial charge >= 0.3 is 5.00 Å². The van der Waals surface area contributed by atoms with Crippen LogP contribution in [0.4, 0.5) is 10.9 Å². The molecule has 16 heavy (non-hydrogen) atoms. The van der Waals surface area contributed by atoms with Crippen LogP contribution in [0.15, 0.2) is 16.5 Å². The summed E-state index contributed by atoms with van der Waals surface area (Å²) in [6.07, 6.45) is 0. The summed E-state index contributed by atoms with van der Waals surface area (Å²) in [5, 5.41) is 19.1. The van der Waals surface area contributed by atoms with E-state index >= 15 is 0 Å². The number of nitrogens with zero attached hydrogens (tertiary/aromatic N) is 3. The summed E-state index contributed by atoms with van der Waals surface area (Å²) in [7, 11) is 0. The Kier molecular flexibility index (Phi) is 2.30. The molecule has 0 saturated heterocycles. The molecule has 2 heterocycles. The molecule has 0 amide bonds. The highest BCUT2D eigenvalue weighted by Crippen LogP contribution is 2.33. The van der Waals surface area contributed by atoms with Gasteiger partial charge in [-0.05, 0) is 6.07 Å². The van der Waals surface area contributed by atoms with Gasteiger partial charge in [0.15, 0.2) is 0 Å². The Bertz CT molecular complexity index is 595. The number of anilines is 1. The molecule has 0 saturated carbocycles. The summed E-state index contributed by atoms with van der Waals surface area (Å²) < 4.78 is 5.02. The maximum atomic E-state index is 10.5. The van der Waals surface area contributed by atoms with Crippen molar-refractivity contribution in [1.82, 2.24) is 4.98 Å². The van der Waals surface area contributed by atoms with Crippen molar-refractivity contribution in [2.24, 2.45) is 0 Å². The van der Waals surface area contributed by atoms with Crippen LogP contribution < -0.4 is 5.73 Å². The van der Waals surface area contributed by atoms with Gasteiger partial charge in [-0.2, -0.15) is 10.2 Å². The molecule has 0 bridgehead atoms. The third-order valence-corrected chi connectivity index (χ3v) is 2.77. The lowest BCUT2D eigenvalue weighted by Gasteiger charge is -1.84. The molecule has 0 aromatic carbocycles. The van der Waals surface area contributed by atoms with Gasteiger partial charge in [0.2, 0.25) is 17.5 Å². The summed E-state index contributed by atoms with van der Waals surface area (Å²) in [5.41, 5.74) is 5.35. The lowest BCUT2D eigenvalue weighted by atomic mass is 10.4. The van der Waals surface area contributed by atoms with Crippen LogP contribution in [-0.2, 0) is 0 Å². The maximum absolute atomic E-state index is 10.5. The van der Waals surface area contributed by atoms with Crippen molar-refractivity contribution in [3.8, 4) is 16.8 Å². The standard InChI is InChI=1S/C8H4N4O3S/c9-3-4-7(10)15-8(11-4)5-1-2-6(16-5)12(13)14/h1-2H,10H2. The number of nitro groups is 1. The normalized spacial score (nSPS) is 9.94. The summed E-state index contributed by atoms with van der Waals surface area (Å²) in [4.78, 5) is 14.2. The van der Waals surface area contributed by atoms with Gasteiger partial charge < -0.3 is 10.2 Å². The highest BCUT2D eigenvalue weighted by molar-refractivity contribution is 7.18. The van der Waals surface area contributed by atoms with Gasteiger partial charge in [0, 0.05) is 6.07 Å². The Labute approximate surface area is 92.9 Å². The lowest BCUT2D eigenvalue weighted by Crippen LogP contribution is -1.83. The number of nitriles is 1. The Morgan fingerprint density at radius 1 is 1.62 bits per heavy atom. The molecule has 0 spiro atoms. The van der Waals surface area contributed by atoms with Crippen LogP contribution in [0, 0.1) is 21.4 Å². The minimum absolute atomic E-state index is 0.0222. The number of oxazole rings is 1. The second kappa shape index (κ2) is 3.63. The second-order valence-corrected chi connectivity index (χ2v) is 3.80. The molecule has 0 aliphatic rings. The molecule has 0 aliphatic carbocycles. The molecule has 0 unspecified atom stereocenters. The van der Waals surface area contributed by atoms with Crippen molar-refractivity contribution in [2.75, 3.05) is 5.73 Å². The molecule has 0 radical (unpaired) electrons. The van der Waals surface area contributed by atoms with E-state index in [9.17, 15) is 10.1 Å². The van der Waals surface area contributed by atoms with E-state index in [0.717, 1.165) is 11.3 Å². The number of aromatic nitrogens is 1. The van der Waals surface area contributed by atoms with Crippen molar-refractivity contribution in [1.29, 1.82) is 5.26 Å². The molecule has 0 fully saturated rings. The van der Waals surface area contributed by atoms with Crippen LogP contribution in [0.1, 0.15) is 5.69 Å². The largest absolute Gasteiger partial charge is 0.419 e. The molecule has 2 aromatic rings. The topological polar surface area (TPSA) is 119 Å². The number of nitrogen functional groups attached to an aromatic ring is 1. The van der Waals surface area contributed by atoms with Gasteiger partial charge in [-0.25, -0.2) is 0 Å². The number of hydrogen-bond donors (Lipinski definition) is 1. The van der Waals surface area contributed by atoms with E-state index in [1.54, 1.807) is 6.07 Å². The van der Waals surface area contributed by atoms with Gasteiger partial charge in [0.25, 0.3) is 0 Å². The van der Waals surface area contributed by atoms with E-state index in [2.05, 4.69) is 4.98 Å². The molecule has 7 nitrogen and oxygen atoms in total. The zero-order valence-electron chi connectivity index (χ0n) is 7.71. The molecule has 2 N–H and O–H groups in total. The van der Waals surface area contributed by atoms with Crippen LogP contribution in [0.2, 0.25) is 0 Å². The SMILES string of the molecule is N#Cc1nc(-c2ccc([N+](=O)[O-])s2)oc1N. The lowest BCUT2D eigenvalue weighted by molar-refractivity contribution is -0.380. The molecular formula is C8H4N4O3S. The molecular weight excluding hydrogens is 232 g/mol.